The second-order valence-corrected chi connectivity index (χ2v) is 16.1. The minimum absolute atomic E-state index is 0. The van der Waals surface area contributed by atoms with Crippen LogP contribution in [-0.2, 0) is 43.6 Å². The molecule has 0 spiro atoms. The number of aromatic nitrogens is 3. The number of ether oxygens (including phenoxy) is 1. The number of halogens is 1. The van der Waals surface area contributed by atoms with E-state index in [1.807, 2.05) is 0 Å². The summed E-state index contributed by atoms with van der Waals surface area (Å²) in [5.41, 5.74) is -1.17. The van der Waals surface area contributed by atoms with Crippen LogP contribution in [-0.4, -0.2) is 73.9 Å². The molecule has 0 aliphatic carbocycles. The normalized spacial score (nSPS) is 11.7. The standard InChI is InChI=1S/C29H26FN7O14S4.3Na/c1-15-10-19(21(48-2)14-22(15)53(40,41)9-8-49-52-51-50-39)36-37-25-23(55(45,46)47)12-16-11-18(54(42,43)44)13-20(24(16)26(25)38)32-29-34-27(30)33-28(35-29)31-17-6-4-3-5-7-17;;;/h3-7,10-14,38-39H,8-9H2,1-2H3,(H,42,43,44)(H,45,46,47)(H2,31,32,33,34,35);;;/q;3*+1/p-3. The molecular weight excluding hydrogens is 887 g/mol. The van der Waals surface area contributed by atoms with E-state index in [0.29, 0.717) is 23.9 Å². The Labute approximate surface area is 400 Å². The number of phenolic OH excluding ortho intramolecular Hbond substituents is 1. The van der Waals surface area contributed by atoms with E-state index in [0.717, 1.165) is 13.2 Å². The number of anilines is 4. The van der Waals surface area contributed by atoms with Crippen LogP contribution in [0, 0.1) is 13.0 Å². The molecule has 0 fully saturated rings. The van der Waals surface area contributed by atoms with Gasteiger partial charge in [0.05, 0.1) is 39.8 Å². The summed E-state index contributed by atoms with van der Waals surface area (Å²) in [6.45, 7) is 0.946. The number of para-hydroxylation sites is 1. The van der Waals surface area contributed by atoms with E-state index in [1.54, 1.807) is 30.3 Å². The van der Waals surface area contributed by atoms with Crippen LogP contribution < -0.4 is 109 Å². The van der Waals surface area contributed by atoms with E-state index in [1.165, 1.54) is 13.0 Å². The first-order chi connectivity index (χ1) is 25.9. The van der Waals surface area contributed by atoms with Crippen LogP contribution in [0.4, 0.5) is 39.0 Å². The van der Waals surface area contributed by atoms with Gasteiger partial charge in [-0.25, -0.2) is 25.3 Å². The van der Waals surface area contributed by atoms with Crippen molar-refractivity contribution in [2.45, 2.75) is 21.6 Å². The minimum Gasteiger partial charge on any atom is -0.744 e. The van der Waals surface area contributed by atoms with Crippen molar-refractivity contribution in [3.05, 3.63) is 72.3 Å². The zero-order valence-corrected chi connectivity index (χ0v) is 40.0. The summed E-state index contributed by atoms with van der Waals surface area (Å²) in [7, 11) is -13.7. The number of aryl methyl sites for hydroxylation is 1. The number of hydrogen-bond acceptors (Lipinski definition) is 22. The quantitative estimate of drug-likeness (QED) is 0.0158. The van der Waals surface area contributed by atoms with Crippen molar-refractivity contribution >= 4 is 87.8 Å². The molecule has 0 amide bonds. The predicted octanol–water partition coefficient (Wildman–Crippen LogP) is -5.51. The number of methoxy groups -OCH3 is 1. The zero-order valence-electron chi connectivity index (χ0n) is 30.7. The number of aromatic hydroxyl groups is 1. The zero-order chi connectivity index (χ0) is 40.1. The summed E-state index contributed by atoms with van der Waals surface area (Å²) in [5, 5.41) is 36.4. The second-order valence-electron chi connectivity index (χ2n) is 10.8. The number of hydrogen-bond donors (Lipinski definition) is 3. The van der Waals surface area contributed by atoms with Gasteiger partial charge in [-0.1, -0.05) is 18.2 Å². The van der Waals surface area contributed by atoms with Gasteiger partial charge in [0, 0.05) is 17.1 Å². The number of nitrogens with zero attached hydrogens (tertiary/aromatic N) is 5. The number of azo groups is 1. The summed E-state index contributed by atoms with van der Waals surface area (Å²) in [6.07, 6.45) is -1.32. The van der Waals surface area contributed by atoms with Gasteiger partial charge < -0.3 is 34.8 Å². The van der Waals surface area contributed by atoms with Gasteiger partial charge in [0.25, 0.3) is 0 Å². The molecule has 0 atom stereocenters. The van der Waals surface area contributed by atoms with Crippen molar-refractivity contribution in [2.75, 3.05) is 30.1 Å². The Kier molecular flexibility index (Phi) is 19.8. The fourth-order valence-electron chi connectivity index (χ4n) is 4.88. The number of nitrogens with one attached hydrogen (secondary N) is 2. The van der Waals surface area contributed by atoms with E-state index < -0.39 is 92.1 Å². The maximum Gasteiger partial charge on any atom is 1.00 e. The maximum absolute atomic E-state index is 14.5. The van der Waals surface area contributed by atoms with Crippen LogP contribution in [0.15, 0.2) is 85.6 Å². The molecule has 0 saturated carbocycles. The van der Waals surface area contributed by atoms with E-state index in [-0.39, 0.29) is 129 Å². The molecule has 0 bridgehead atoms. The first kappa shape index (κ1) is 52.0. The average molecular weight is 910 g/mol. The summed E-state index contributed by atoms with van der Waals surface area (Å²) in [4.78, 5) is 8.65. The molecule has 5 aromatic rings. The first-order valence-electron chi connectivity index (χ1n) is 14.8. The van der Waals surface area contributed by atoms with Gasteiger partial charge >= 0.3 is 94.8 Å². The first-order valence-corrected chi connectivity index (χ1v) is 19.9. The smallest absolute Gasteiger partial charge is 0.744 e. The number of benzene rings is 4. The van der Waals surface area contributed by atoms with Crippen LogP contribution >= 0.6 is 12.3 Å². The summed E-state index contributed by atoms with van der Waals surface area (Å²) < 4.78 is 128. The van der Waals surface area contributed by atoms with E-state index in [9.17, 15) is 49.1 Å². The number of fused-ring (bicyclic) bond motifs is 1. The SMILES string of the molecule is COc1cc(S(=O)(=O)CCOSOO[O-])c(C)cc1N=Nc1c(S(=O)(=O)[O-])cc2cc(S(=O)(=O)[O-])cc(Nc3nc(F)nc(Nc4ccccc4)n3)c2c1O.[Na+].[Na+].[Na+]. The van der Waals surface area contributed by atoms with Crippen LogP contribution in [0.5, 0.6) is 11.5 Å². The van der Waals surface area contributed by atoms with Gasteiger partial charge in [0.2, 0.25) is 11.9 Å². The molecule has 1 heterocycles. The molecule has 0 aliphatic rings. The molecule has 0 radical (unpaired) electrons. The van der Waals surface area contributed by atoms with Crippen LogP contribution in [0.25, 0.3) is 10.8 Å². The Bertz CT molecular complexity index is 2640. The van der Waals surface area contributed by atoms with Crippen molar-refractivity contribution in [3.8, 4) is 11.5 Å². The molecule has 21 nitrogen and oxygen atoms in total. The van der Waals surface area contributed by atoms with Gasteiger partial charge in [0.1, 0.15) is 37.4 Å². The molecule has 29 heteroatoms. The largest absolute Gasteiger partial charge is 1.00 e. The molecule has 0 unspecified atom stereocenters. The third-order valence-electron chi connectivity index (χ3n) is 7.17. The Morgan fingerprint density at radius 3 is 2.12 bits per heavy atom. The monoisotopic (exact) mass is 909 g/mol. The number of phenols is 1. The second kappa shape index (κ2) is 22.1. The molecule has 1 aromatic heterocycles. The maximum atomic E-state index is 14.5. The van der Waals surface area contributed by atoms with Crippen molar-refractivity contribution in [1.82, 2.24) is 15.0 Å². The fraction of sp³-hybridized carbons (Fsp3) is 0.138. The third kappa shape index (κ3) is 13.2. The third-order valence-corrected chi connectivity index (χ3v) is 11.0. The Morgan fingerprint density at radius 1 is 0.862 bits per heavy atom. The minimum atomic E-state index is -5.54. The predicted molar refractivity (Wildman–Crippen MR) is 184 cm³/mol. The van der Waals surface area contributed by atoms with Gasteiger partial charge in [-0.15, -0.1) is 14.6 Å². The fourth-order valence-corrected chi connectivity index (χ4v) is 7.73. The Morgan fingerprint density at radius 2 is 1.52 bits per heavy atom. The van der Waals surface area contributed by atoms with Gasteiger partial charge in [0.15, 0.2) is 27.9 Å². The number of rotatable bonds is 16. The van der Waals surface area contributed by atoms with E-state index >= 15 is 0 Å². The molecule has 58 heavy (non-hydrogen) atoms. The Hall–Kier alpha value is -2.16. The van der Waals surface area contributed by atoms with Gasteiger partial charge in [-0.3, -0.25) is 9.22 Å². The average Bonchev–Trinajstić information content (AvgIpc) is 3.10. The Balaban J connectivity index is 0.00000387. The molecule has 0 saturated heterocycles. The van der Waals surface area contributed by atoms with E-state index in [2.05, 4.69) is 45.2 Å². The van der Waals surface area contributed by atoms with Crippen LogP contribution in [0.3, 0.4) is 0 Å². The molecule has 3 N–H and O–H groups in total. The van der Waals surface area contributed by atoms with Crippen molar-refractivity contribution < 1.29 is 156 Å². The summed E-state index contributed by atoms with van der Waals surface area (Å²) >= 11 is 0.109. The van der Waals surface area contributed by atoms with Crippen molar-refractivity contribution in [2.24, 2.45) is 10.2 Å². The van der Waals surface area contributed by atoms with Crippen LogP contribution in [0.2, 0.25) is 0 Å². The van der Waals surface area contributed by atoms with Gasteiger partial charge in [-0.05, 0) is 54.3 Å². The van der Waals surface area contributed by atoms with E-state index in [4.69, 9.17) is 8.92 Å². The van der Waals surface area contributed by atoms with Crippen LogP contribution in [0.1, 0.15) is 5.56 Å². The van der Waals surface area contributed by atoms with Crippen molar-refractivity contribution in [1.29, 1.82) is 0 Å². The molecule has 292 valence electrons. The van der Waals surface area contributed by atoms with Crippen molar-refractivity contribution in [3.63, 3.8) is 0 Å². The number of sulfone groups is 1. The molecular formula is C29H23FN7Na3O14S4. The molecule has 4 aromatic carbocycles. The molecule has 5 rings (SSSR count). The molecule has 0 aliphatic heterocycles. The summed E-state index contributed by atoms with van der Waals surface area (Å²) in [5.74, 6) is -2.81. The summed E-state index contributed by atoms with van der Waals surface area (Å²) in [6, 6.07) is 12.5. The topological polar surface area (TPSA) is 316 Å². The van der Waals surface area contributed by atoms with Gasteiger partial charge in [-0.2, -0.15) is 19.3 Å².